The number of anilines is 1. The molecule has 1 fully saturated rings. The highest BCUT2D eigenvalue weighted by molar-refractivity contribution is 9.10. The molecule has 2 rings (SSSR count). The van der Waals surface area contributed by atoms with Gasteiger partial charge in [0.2, 0.25) is 0 Å². The number of hydrogen-bond donors (Lipinski definition) is 3. The smallest absolute Gasteiger partial charge is 0.0990 e. The molecule has 1 aromatic carbocycles. The van der Waals surface area contributed by atoms with Crippen LogP contribution in [-0.4, -0.2) is 40.6 Å². The number of aliphatic hydroxyl groups excluding tert-OH is 3. The molecule has 0 aromatic heterocycles. The summed E-state index contributed by atoms with van der Waals surface area (Å²) in [5.41, 5.74) is 1.76. The van der Waals surface area contributed by atoms with Gasteiger partial charge in [-0.25, -0.2) is 0 Å². The zero-order valence-corrected chi connectivity index (χ0v) is 11.1. The van der Waals surface area contributed by atoms with Crippen LogP contribution in [-0.2, 0) is 0 Å². The average Bonchev–Trinajstić information content (AvgIpc) is 2.58. The third-order valence-corrected chi connectivity index (χ3v) is 3.69. The van der Waals surface area contributed by atoms with Gasteiger partial charge in [-0.15, -0.1) is 0 Å². The Kier molecular flexibility index (Phi) is 3.73. The lowest BCUT2D eigenvalue weighted by Crippen LogP contribution is -2.22. The molecule has 4 nitrogen and oxygen atoms in total. The van der Waals surface area contributed by atoms with Crippen LogP contribution >= 0.6 is 15.9 Å². The van der Waals surface area contributed by atoms with E-state index in [1.54, 1.807) is 6.92 Å². The molecule has 0 aliphatic carbocycles. The van der Waals surface area contributed by atoms with Crippen LogP contribution in [0.15, 0.2) is 22.7 Å². The van der Waals surface area contributed by atoms with Gasteiger partial charge < -0.3 is 20.2 Å². The van der Waals surface area contributed by atoms with E-state index in [4.69, 9.17) is 0 Å². The van der Waals surface area contributed by atoms with Crippen LogP contribution < -0.4 is 4.90 Å². The summed E-state index contributed by atoms with van der Waals surface area (Å²) in [6, 6.07) is 5.59. The summed E-state index contributed by atoms with van der Waals surface area (Å²) in [6.45, 7) is 2.56. The first-order chi connectivity index (χ1) is 7.99. The fourth-order valence-electron chi connectivity index (χ4n) is 2.01. The van der Waals surface area contributed by atoms with E-state index >= 15 is 0 Å². The van der Waals surface area contributed by atoms with Gasteiger partial charge in [0, 0.05) is 17.6 Å². The molecule has 5 heteroatoms. The van der Waals surface area contributed by atoms with Gasteiger partial charge in [-0.2, -0.15) is 0 Å². The van der Waals surface area contributed by atoms with E-state index in [9.17, 15) is 15.3 Å². The lowest BCUT2D eigenvalue weighted by molar-refractivity contribution is 0.0572. The van der Waals surface area contributed by atoms with Gasteiger partial charge in [-0.05, 0) is 40.5 Å². The Morgan fingerprint density at radius 2 is 1.88 bits per heavy atom. The number of halogens is 1. The first kappa shape index (κ1) is 12.8. The monoisotopic (exact) mass is 301 g/mol. The second-order valence-electron chi connectivity index (χ2n) is 4.43. The highest BCUT2D eigenvalue weighted by Crippen LogP contribution is 2.31. The van der Waals surface area contributed by atoms with Gasteiger partial charge in [0.15, 0.2) is 0 Å². The number of hydrogen-bond acceptors (Lipinski definition) is 4. The Morgan fingerprint density at radius 3 is 2.35 bits per heavy atom. The van der Waals surface area contributed by atoms with E-state index in [1.807, 2.05) is 23.1 Å². The number of nitrogens with zero attached hydrogens (tertiary/aromatic N) is 1. The Labute approximate surface area is 109 Å². The summed E-state index contributed by atoms with van der Waals surface area (Å²) < 4.78 is 0.859. The van der Waals surface area contributed by atoms with E-state index in [0.717, 1.165) is 15.7 Å². The summed E-state index contributed by atoms with van der Waals surface area (Å²) in [5, 5.41) is 28.5. The fraction of sp³-hybridized carbons (Fsp3) is 0.500. The second kappa shape index (κ2) is 4.94. The van der Waals surface area contributed by atoms with Crippen molar-refractivity contribution < 1.29 is 15.3 Å². The quantitative estimate of drug-likeness (QED) is 0.764. The molecular weight excluding hydrogens is 286 g/mol. The summed E-state index contributed by atoms with van der Waals surface area (Å²) in [7, 11) is 0. The number of β-amino-alcohol motifs (C(OH)–C–C–N with tert-alkyl or cyclic N) is 2. The van der Waals surface area contributed by atoms with Crippen molar-refractivity contribution in [3.05, 3.63) is 28.2 Å². The molecule has 0 saturated carbocycles. The summed E-state index contributed by atoms with van der Waals surface area (Å²) in [6.07, 6.45) is -1.90. The second-order valence-corrected chi connectivity index (χ2v) is 5.28. The molecule has 1 heterocycles. The van der Waals surface area contributed by atoms with Gasteiger partial charge in [-0.3, -0.25) is 0 Å². The van der Waals surface area contributed by atoms with Crippen LogP contribution in [0.4, 0.5) is 5.69 Å². The third kappa shape index (κ3) is 2.63. The van der Waals surface area contributed by atoms with Gasteiger partial charge in [0.25, 0.3) is 0 Å². The largest absolute Gasteiger partial charge is 0.389 e. The van der Waals surface area contributed by atoms with E-state index in [-0.39, 0.29) is 0 Å². The molecule has 17 heavy (non-hydrogen) atoms. The Morgan fingerprint density at radius 1 is 1.29 bits per heavy atom. The number of rotatable bonds is 2. The summed E-state index contributed by atoms with van der Waals surface area (Å²) >= 11 is 3.45. The molecule has 1 aromatic rings. The number of aliphatic hydroxyl groups is 3. The first-order valence-corrected chi connectivity index (χ1v) is 6.37. The van der Waals surface area contributed by atoms with Crippen LogP contribution in [0.1, 0.15) is 18.6 Å². The van der Waals surface area contributed by atoms with Gasteiger partial charge in [-0.1, -0.05) is 6.07 Å². The standard InChI is InChI=1S/C12H16BrNO3/c1-7(15)8-2-3-10(9(13)4-8)14-5-11(16)12(17)6-14/h2-4,7,11-12,15-17H,5-6H2,1H3. The maximum absolute atomic E-state index is 9.52. The third-order valence-electron chi connectivity index (χ3n) is 3.05. The van der Waals surface area contributed by atoms with Crippen LogP contribution in [0.25, 0.3) is 0 Å². The van der Waals surface area contributed by atoms with Gasteiger partial charge >= 0.3 is 0 Å². The van der Waals surface area contributed by atoms with Crippen LogP contribution in [0.3, 0.4) is 0 Å². The van der Waals surface area contributed by atoms with E-state index in [0.29, 0.717) is 13.1 Å². The molecule has 3 atom stereocenters. The minimum Gasteiger partial charge on any atom is -0.389 e. The van der Waals surface area contributed by atoms with Crippen LogP contribution in [0.2, 0.25) is 0 Å². The van der Waals surface area contributed by atoms with Crippen molar-refractivity contribution in [3.63, 3.8) is 0 Å². The lowest BCUT2D eigenvalue weighted by atomic mass is 10.1. The molecule has 0 amide bonds. The van der Waals surface area contributed by atoms with Crippen molar-refractivity contribution in [2.75, 3.05) is 18.0 Å². The first-order valence-electron chi connectivity index (χ1n) is 5.57. The molecule has 94 valence electrons. The average molecular weight is 302 g/mol. The normalized spacial score (nSPS) is 26.3. The minimum atomic E-state index is -0.696. The summed E-state index contributed by atoms with van der Waals surface area (Å²) in [4.78, 5) is 1.92. The van der Waals surface area contributed by atoms with Crippen molar-refractivity contribution in [1.82, 2.24) is 0 Å². The van der Waals surface area contributed by atoms with Crippen LogP contribution in [0, 0.1) is 0 Å². The highest BCUT2D eigenvalue weighted by Gasteiger charge is 2.30. The van der Waals surface area contributed by atoms with E-state index in [1.165, 1.54) is 0 Å². The topological polar surface area (TPSA) is 63.9 Å². The fourth-order valence-corrected chi connectivity index (χ4v) is 2.65. The molecule has 3 unspecified atom stereocenters. The lowest BCUT2D eigenvalue weighted by Gasteiger charge is -2.20. The Hall–Kier alpha value is -0.620. The maximum Gasteiger partial charge on any atom is 0.0990 e. The molecule has 0 spiro atoms. The van der Waals surface area contributed by atoms with Crippen molar-refractivity contribution in [2.45, 2.75) is 25.2 Å². The van der Waals surface area contributed by atoms with Crippen molar-refractivity contribution >= 4 is 21.6 Å². The molecule has 3 N–H and O–H groups in total. The molecule has 1 saturated heterocycles. The van der Waals surface area contributed by atoms with E-state index < -0.39 is 18.3 Å². The minimum absolute atomic E-state index is 0.424. The van der Waals surface area contributed by atoms with Crippen LogP contribution in [0.5, 0.6) is 0 Å². The molecule has 0 radical (unpaired) electrons. The summed E-state index contributed by atoms with van der Waals surface area (Å²) in [5.74, 6) is 0. The van der Waals surface area contributed by atoms with Gasteiger partial charge in [0.05, 0.1) is 24.0 Å². The predicted molar refractivity (Wildman–Crippen MR) is 69.0 cm³/mol. The van der Waals surface area contributed by atoms with Gasteiger partial charge in [0.1, 0.15) is 0 Å². The molecule has 1 aliphatic rings. The number of benzene rings is 1. The van der Waals surface area contributed by atoms with Crippen molar-refractivity contribution in [3.8, 4) is 0 Å². The molecular formula is C12H16BrNO3. The molecule has 0 bridgehead atoms. The predicted octanol–water partition coefficient (Wildman–Crippen LogP) is 1.04. The Balaban J connectivity index is 2.23. The van der Waals surface area contributed by atoms with Crippen molar-refractivity contribution in [1.29, 1.82) is 0 Å². The molecule has 1 aliphatic heterocycles. The van der Waals surface area contributed by atoms with E-state index in [2.05, 4.69) is 15.9 Å². The zero-order valence-electron chi connectivity index (χ0n) is 9.55. The van der Waals surface area contributed by atoms with Crippen molar-refractivity contribution in [2.24, 2.45) is 0 Å². The SMILES string of the molecule is CC(O)c1ccc(N2CC(O)C(O)C2)c(Br)c1. The maximum atomic E-state index is 9.52. The zero-order chi connectivity index (χ0) is 12.6. The Bertz CT molecular complexity index is 401. The highest BCUT2D eigenvalue weighted by atomic mass is 79.9.